The van der Waals surface area contributed by atoms with E-state index in [9.17, 15) is 0 Å². The van der Waals surface area contributed by atoms with Crippen LogP contribution in [0.3, 0.4) is 0 Å². The van der Waals surface area contributed by atoms with Crippen molar-refractivity contribution in [3.63, 3.8) is 0 Å². The second kappa shape index (κ2) is 42.2. The first-order chi connectivity index (χ1) is 49.2. The summed E-state index contributed by atoms with van der Waals surface area (Å²) in [5.41, 5.74) is 16.3. The van der Waals surface area contributed by atoms with Gasteiger partial charge in [0.05, 0.1) is 0 Å². The maximum absolute atomic E-state index is 4.93. The molecular formula is C92H86Cl4Si2Zr2-6. The number of benzene rings is 12. The van der Waals surface area contributed by atoms with E-state index in [-0.39, 0.29) is 0 Å². The number of aryl methyl sites for hydroxylation is 4. The molecule has 0 nitrogen and oxygen atoms in total. The number of hydrogen-bond acceptors (Lipinski definition) is 0. The molecule has 0 aliphatic heterocycles. The van der Waals surface area contributed by atoms with Gasteiger partial charge in [-0.25, -0.2) is 0 Å². The molecule has 16 aromatic rings. The molecule has 6 radical (unpaired) electrons. The van der Waals surface area contributed by atoms with E-state index in [0.717, 1.165) is 38.5 Å². The monoisotopic (exact) mass is 1570 g/mol. The predicted octanol–water partition coefficient (Wildman–Crippen LogP) is 29.1. The van der Waals surface area contributed by atoms with Crippen LogP contribution in [0.15, 0.2) is 291 Å². The zero-order valence-corrected chi connectivity index (χ0v) is 68.2. The summed E-state index contributed by atoms with van der Waals surface area (Å²) in [5, 5.41) is 21.3. The Morgan fingerprint density at radius 1 is 0.260 bits per heavy atom. The summed E-state index contributed by atoms with van der Waals surface area (Å²) >= 11 is -1.65. The van der Waals surface area contributed by atoms with Crippen molar-refractivity contribution in [1.82, 2.24) is 0 Å². The predicted molar refractivity (Wildman–Crippen MR) is 443 cm³/mol. The van der Waals surface area contributed by atoms with Crippen LogP contribution >= 0.6 is 34.1 Å². The maximum atomic E-state index is 4.93. The molecule has 0 N–H and O–H groups in total. The number of fused-ring (bicyclic) bond motifs is 8. The molecule has 0 bridgehead atoms. The summed E-state index contributed by atoms with van der Waals surface area (Å²) in [6, 6.07) is 106. The quantitative estimate of drug-likeness (QED) is 0.0688. The Bertz CT molecular complexity index is 4470. The molecule has 0 fully saturated rings. The van der Waals surface area contributed by atoms with Gasteiger partial charge in [0.15, 0.2) is 0 Å². The van der Waals surface area contributed by atoms with Crippen LogP contribution in [0.4, 0.5) is 0 Å². The number of halogens is 4. The van der Waals surface area contributed by atoms with Gasteiger partial charge in [-0.1, -0.05) is 270 Å². The fourth-order valence-electron chi connectivity index (χ4n) is 13.1. The molecule has 504 valence electrons. The van der Waals surface area contributed by atoms with Crippen molar-refractivity contribution in [2.75, 3.05) is 0 Å². The molecule has 100 heavy (non-hydrogen) atoms. The van der Waals surface area contributed by atoms with Crippen LogP contribution in [-0.2, 0) is 67.4 Å². The second-order valence-electron chi connectivity index (χ2n) is 23.8. The first kappa shape index (κ1) is 79.2. The Hall–Kier alpha value is -6.52. The van der Waals surface area contributed by atoms with Gasteiger partial charge in [-0.15, -0.1) is 138 Å². The third-order valence-electron chi connectivity index (χ3n) is 17.9. The summed E-state index contributed by atoms with van der Waals surface area (Å²) in [6.07, 6.45) is 8.96. The van der Waals surface area contributed by atoms with Crippen molar-refractivity contribution in [2.45, 2.75) is 92.2 Å². The Morgan fingerprint density at radius 3 is 0.620 bits per heavy atom. The first-order valence-electron chi connectivity index (χ1n) is 34.4. The fraction of sp³-hybridized carbons (Fsp3) is 0.152. The van der Waals surface area contributed by atoms with Crippen LogP contribution in [0, 0.1) is 13.8 Å². The van der Waals surface area contributed by atoms with Gasteiger partial charge in [0.1, 0.15) is 0 Å². The van der Waals surface area contributed by atoms with Crippen molar-refractivity contribution >= 4 is 141 Å². The van der Waals surface area contributed by atoms with Gasteiger partial charge in [0.25, 0.3) is 0 Å². The van der Waals surface area contributed by atoms with Crippen LogP contribution in [0.25, 0.3) is 131 Å². The van der Waals surface area contributed by atoms with Gasteiger partial charge < -0.3 is 13.8 Å². The molecular weight excluding hydrogens is 1490 g/mol. The summed E-state index contributed by atoms with van der Waals surface area (Å²) in [5.74, 6) is 0. The van der Waals surface area contributed by atoms with E-state index in [1.807, 2.05) is 0 Å². The fourth-order valence-corrected chi connectivity index (χ4v) is 13.1. The molecule has 16 rings (SSSR count). The third kappa shape index (κ3) is 20.2. The summed E-state index contributed by atoms with van der Waals surface area (Å²) in [7, 11) is 25.7. The molecule has 8 heteroatoms. The van der Waals surface area contributed by atoms with Crippen LogP contribution in [-0.4, -0.2) is 20.5 Å². The zero-order valence-electron chi connectivity index (χ0n) is 58.3. The molecule has 0 unspecified atom stereocenters. The normalized spacial score (nSPS) is 10.4. The van der Waals surface area contributed by atoms with E-state index >= 15 is 0 Å². The van der Waals surface area contributed by atoms with E-state index < -0.39 is 41.7 Å². The number of unbranched alkanes of at least 4 members (excludes halogenated alkanes) is 3. The number of hydrogen-bond donors (Lipinski definition) is 0. The average molecular weight is 1570 g/mol. The Labute approximate surface area is 639 Å². The minimum absolute atomic E-state index is 0.826. The molecule has 0 saturated heterocycles. The van der Waals surface area contributed by atoms with Crippen LogP contribution < -0.4 is 0 Å². The molecule has 0 heterocycles. The van der Waals surface area contributed by atoms with Crippen LogP contribution in [0.1, 0.15) is 75.6 Å². The Morgan fingerprint density at radius 2 is 0.430 bits per heavy atom. The SMILES string of the molecule is CCc1cc2c(-c3cccc4ccccc34)cccc2[cH-]1.CCc1cc2c(-c3cccc4ccccc34)cccc2[cH-]1.CCc1cc2c(-c3cccc4ccccc34)cccc2[cH-]1.CCc1cc2c(-c3cccc4ccccc34)cccc2[cH-]1.C[Si].C[Si].[CH2-]CCCC[CH2-].[Cl][Zr][Cl].[Cl][Zr][Cl]. The molecule has 0 aliphatic rings. The molecule has 0 saturated carbocycles. The standard InChI is InChI=1S/4C21H17.C6H12.2CH3Si.4ClH.2Zr/c4*1-2-15-13-17-9-6-12-20(21(17)14-15)19-11-5-8-16-7-3-4-10-18(16)19;1-3-5-6-4-2;2*1-2;;;;;;/h4*3-14H,2H2,1H3;1-6H2;2*1H3;4*1H;;/q4*-1;-2;;;;;;;2*+2/p-4. The molecule has 16 aromatic carbocycles. The van der Waals surface area contributed by atoms with Crippen molar-refractivity contribution in [1.29, 1.82) is 0 Å². The van der Waals surface area contributed by atoms with Crippen LogP contribution in [0.2, 0.25) is 13.1 Å². The summed E-state index contributed by atoms with van der Waals surface area (Å²) in [4.78, 5) is 0. The van der Waals surface area contributed by atoms with Crippen molar-refractivity contribution < 1.29 is 41.7 Å². The Kier molecular flexibility index (Phi) is 33.4. The van der Waals surface area contributed by atoms with Gasteiger partial charge >= 0.3 is 75.7 Å². The summed E-state index contributed by atoms with van der Waals surface area (Å²) in [6.45, 7) is 19.9. The zero-order chi connectivity index (χ0) is 71.2. The topological polar surface area (TPSA) is 0 Å². The van der Waals surface area contributed by atoms with Gasteiger partial charge in [0.2, 0.25) is 0 Å². The third-order valence-corrected chi connectivity index (χ3v) is 17.9. The van der Waals surface area contributed by atoms with E-state index in [4.69, 9.17) is 34.1 Å². The van der Waals surface area contributed by atoms with E-state index in [1.165, 1.54) is 166 Å². The molecule has 0 aromatic heterocycles. The van der Waals surface area contributed by atoms with E-state index in [2.05, 4.69) is 353 Å². The Balaban J connectivity index is 0.000000158. The average Bonchev–Trinajstić information content (AvgIpc) is 1.47. The first-order valence-corrected chi connectivity index (χ1v) is 49.0. The van der Waals surface area contributed by atoms with Crippen molar-refractivity contribution in [2.24, 2.45) is 0 Å². The summed E-state index contributed by atoms with van der Waals surface area (Å²) < 4.78 is 0. The molecule has 0 atom stereocenters. The van der Waals surface area contributed by atoms with Crippen molar-refractivity contribution in [3.05, 3.63) is 327 Å². The van der Waals surface area contributed by atoms with Gasteiger partial charge in [-0.2, -0.15) is 37.1 Å². The minimum atomic E-state index is -0.826. The van der Waals surface area contributed by atoms with Crippen molar-refractivity contribution in [3.8, 4) is 44.5 Å². The van der Waals surface area contributed by atoms with E-state index in [0.29, 0.717) is 0 Å². The molecule has 0 amide bonds. The number of rotatable bonds is 11. The van der Waals surface area contributed by atoms with Gasteiger partial charge in [-0.3, -0.25) is 0 Å². The van der Waals surface area contributed by atoms with E-state index in [1.54, 1.807) is 13.1 Å². The van der Waals surface area contributed by atoms with Crippen LogP contribution in [0.5, 0.6) is 0 Å². The second-order valence-corrected chi connectivity index (χ2v) is 31.2. The van der Waals surface area contributed by atoms with Gasteiger partial charge in [-0.05, 0) is 91.0 Å². The van der Waals surface area contributed by atoms with Gasteiger partial charge in [0, 0.05) is 20.5 Å². The molecule has 0 spiro atoms. The molecule has 0 aliphatic carbocycles.